The maximum Gasteiger partial charge on any atom is 0.254 e. The highest BCUT2D eigenvalue weighted by molar-refractivity contribution is 5.79. The molecule has 26 heavy (non-hydrogen) atoms. The van der Waals surface area contributed by atoms with Crippen LogP contribution in [0.15, 0.2) is 24.3 Å². The summed E-state index contributed by atoms with van der Waals surface area (Å²) in [5, 5.41) is 7.05. The van der Waals surface area contributed by atoms with Crippen molar-refractivity contribution >= 4 is 17.6 Å². The highest BCUT2D eigenvalue weighted by Gasteiger charge is 2.15. The number of carbonyl (C=O) groups excluding carboxylic acids is 1. The third kappa shape index (κ3) is 3.74. The van der Waals surface area contributed by atoms with Crippen molar-refractivity contribution in [2.75, 3.05) is 12.3 Å². The largest absolute Gasteiger partial charge is 0.494 e. The summed E-state index contributed by atoms with van der Waals surface area (Å²) in [6, 6.07) is 7.68. The summed E-state index contributed by atoms with van der Waals surface area (Å²) in [5.74, 6) is 1.31. The molecule has 0 spiro atoms. The molecule has 0 atom stereocenters. The highest BCUT2D eigenvalue weighted by atomic mass is 16.5. The molecule has 1 amide bonds. The lowest BCUT2D eigenvalue weighted by atomic mass is 10.1. The van der Waals surface area contributed by atoms with Gasteiger partial charge in [0.1, 0.15) is 5.75 Å². The normalized spacial score (nSPS) is 10.9. The molecular formula is C18H22N6O2. The van der Waals surface area contributed by atoms with E-state index in [2.05, 4.69) is 20.4 Å². The van der Waals surface area contributed by atoms with Gasteiger partial charge in [0, 0.05) is 23.5 Å². The molecule has 2 heterocycles. The number of carbonyl (C=O) groups is 1. The number of hydrogen-bond acceptors (Lipinski definition) is 6. The van der Waals surface area contributed by atoms with Gasteiger partial charge in [-0.3, -0.25) is 4.79 Å². The monoisotopic (exact) mass is 354 g/mol. The lowest BCUT2D eigenvalue weighted by Crippen LogP contribution is -2.26. The Kier molecular flexibility index (Phi) is 5.01. The van der Waals surface area contributed by atoms with Crippen LogP contribution < -0.4 is 15.8 Å². The van der Waals surface area contributed by atoms with E-state index in [1.54, 1.807) is 4.52 Å². The fraction of sp³-hybridized carbons (Fsp3) is 0.333. The summed E-state index contributed by atoms with van der Waals surface area (Å²) < 4.78 is 7.04. The SMILES string of the molecule is CCOc1cccc(CNC(=O)Cc2c(C)nc3nc(N)nn3c2C)c1. The van der Waals surface area contributed by atoms with Crippen LogP contribution in [0.3, 0.4) is 0 Å². The second kappa shape index (κ2) is 7.38. The summed E-state index contributed by atoms with van der Waals surface area (Å²) in [6.07, 6.45) is 0.214. The van der Waals surface area contributed by atoms with Gasteiger partial charge in [-0.15, -0.1) is 5.10 Å². The fourth-order valence-corrected chi connectivity index (χ4v) is 2.82. The molecule has 3 aromatic rings. The molecule has 0 unspecified atom stereocenters. The van der Waals surface area contributed by atoms with Crippen LogP contribution in [0.25, 0.3) is 5.78 Å². The summed E-state index contributed by atoms with van der Waals surface area (Å²) in [5.41, 5.74) is 8.99. The standard InChI is InChI=1S/C18H22N6O2/c1-4-26-14-7-5-6-13(8-14)10-20-16(25)9-15-11(2)21-18-22-17(19)23-24(18)12(15)3/h5-8H,4,9-10H2,1-3H3,(H2,19,23)(H,20,25). The Morgan fingerprint density at radius 1 is 1.31 bits per heavy atom. The molecule has 0 saturated carbocycles. The number of nitrogen functional groups attached to an aromatic ring is 1. The van der Waals surface area contributed by atoms with Crippen molar-refractivity contribution < 1.29 is 9.53 Å². The molecule has 8 nitrogen and oxygen atoms in total. The van der Waals surface area contributed by atoms with Crippen LogP contribution in [0, 0.1) is 13.8 Å². The van der Waals surface area contributed by atoms with Gasteiger partial charge in [-0.25, -0.2) is 4.98 Å². The summed E-state index contributed by atoms with van der Waals surface area (Å²) in [4.78, 5) is 20.8. The quantitative estimate of drug-likeness (QED) is 0.696. The van der Waals surface area contributed by atoms with Crippen molar-refractivity contribution in [3.05, 3.63) is 46.8 Å². The van der Waals surface area contributed by atoms with Gasteiger partial charge in [0.15, 0.2) is 0 Å². The highest BCUT2D eigenvalue weighted by Crippen LogP contribution is 2.16. The van der Waals surface area contributed by atoms with E-state index in [1.807, 2.05) is 45.0 Å². The van der Waals surface area contributed by atoms with Crippen LogP contribution in [0.2, 0.25) is 0 Å². The summed E-state index contributed by atoms with van der Waals surface area (Å²) in [6.45, 7) is 6.71. The van der Waals surface area contributed by atoms with Crippen molar-refractivity contribution in [3.63, 3.8) is 0 Å². The van der Waals surface area contributed by atoms with Crippen molar-refractivity contribution in [1.29, 1.82) is 0 Å². The molecule has 8 heteroatoms. The Balaban J connectivity index is 1.70. The Morgan fingerprint density at radius 3 is 2.88 bits per heavy atom. The number of benzene rings is 1. The number of ether oxygens (including phenoxy) is 1. The van der Waals surface area contributed by atoms with Crippen LogP contribution in [0.4, 0.5) is 5.95 Å². The first-order valence-electron chi connectivity index (χ1n) is 8.44. The van der Waals surface area contributed by atoms with Crippen molar-refractivity contribution in [2.45, 2.75) is 33.7 Å². The Labute approximate surface area is 151 Å². The second-order valence-electron chi connectivity index (χ2n) is 5.98. The second-order valence-corrected chi connectivity index (χ2v) is 5.98. The van der Waals surface area contributed by atoms with E-state index in [0.29, 0.717) is 18.9 Å². The van der Waals surface area contributed by atoms with Gasteiger partial charge in [-0.2, -0.15) is 9.50 Å². The number of anilines is 1. The summed E-state index contributed by atoms with van der Waals surface area (Å²) in [7, 11) is 0. The van der Waals surface area contributed by atoms with Gasteiger partial charge in [-0.05, 0) is 38.5 Å². The number of amides is 1. The Morgan fingerprint density at radius 2 is 2.12 bits per heavy atom. The number of rotatable bonds is 6. The van der Waals surface area contributed by atoms with E-state index in [4.69, 9.17) is 10.5 Å². The van der Waals surface area contributed by atoms with Gasteiger partial charge in [0.05, 0.1) is 13.0 Å². The zero-order valence-corrected chi connectivity index (χ0v) is 15.1. The maximum absolute atomic E-state index is 12.4. The van der Waals surface area contributed by atoms with Crippen LogP contribution in [0.5, 0.6) is 5.75 Å². The maximum atomic E-state index is 12.4. The number of nitrogens with one attached hydrogen (secondary N) is 1. The number of aromatic nitrogens is 4. The number of hydrogen-bond donors (Lipinski definition) is 2. The lowest BCUT2D eigenvalue weighted by Gasteiger charge is -2.11. The minimum Gasteiger partial charge on any atom is -0.494 e. The molecule has 0 aliphatic carbocycles. The molecule has 0 aliphatic rings. The molecular weight excluding hydrogens is 332 g/mol. The van der Waals surface area contributed by atoms with Gasteiger partial charge in [0.2, 0.25) is 11.9 Å². The molecule has 0 bridgehead atoms. The predicted molar refractivity (Wildman–Crippen MR) is 97.8 cm³/mol. The van der Waals surface area contributed by atoms with Crippen molar-refractivity contribution in [2.24, 2.45) is 0 Å². The molecule has 0 aliphatic heterocycles. The molecule has 3 rings (SSSR count). The third-order valence-electron chi connectivity index (χ3n) is 4.10. The van der Waals surface area contributed by atoms with E-state index < -0.39 is 0 Å². The molecule has 0 saturated heterocycles. The van der Waals surface area contributed by atoms with Gasteiger partial charge >= 0.3 is 0 Å². The molecule has 0 fully saturated rings. The van der Waals surface area contributed by atoms with Gasteiger partial charge in [0.25, 0.3) is 5.78 Å². The smallest absolute Gasteiger partial charge is 0.254 e. The topological polar surface area (TPSA) is 107 Å². The first kappa shape index (κ1) is 17.7. The minimum atomic E-state index is -0.0905. The number of aryl methyl sites for hydroxylation is 2. The van der Waals surface area contributed by atoms with E-state index in [9.17, 15) is 4.79 Å². The van der Waals surface area contributed by atoms with Crippen molar-refractivity contribution in [3.8, 4) is 5.75 Å². The Hall–Kier alpha value is -3.16. The zero-order valence-electron chi connectivity index (χ0n) is 15.1. The van der Waals surface area contributed by atoms with E-state index in [0.717, 1.165) is 28.3 Å². The van der Waals surface area contributed by atoms with E-state index >= 15 is 0 Å². The summed E-state index contributed by atoms with van der Waals surface area (Å²) >= 11 is 0. The average molecular weight is 354 g/mol. The molecule has 0 radical (unpaired) electrons. The van der Waals surface area contributed by atoms with Crippen LogP contribution in [0.1, 0.15) is 29.4 Å². The molecule has 2 aromatic heterocycles. The average Bonchev–Trinajstić information content (AvgIpc) is 2.98. The Bertz CT molecular complexity index is 950. The zero-order chi connectivity index (χ0) is 18.7. The van der Waals surface area contributed by atoms with E-state index in [1.165, 1.54) is 0 Å². The molecule has 1 aromatic carbocycles. The lowest BCUT2D eigenvalue weighted by molar-refractivity contribution is -0.120. The third-order valence-corrected chi connectivity index (χ3v) is 4.10. The molecule has 136 valence electrons. The van der Waals surface area contributed by atoms with Crippen molar-refractivity contribution in [1.82, 2.24) is 24.9 Å². The van der Waals surface area contributed by atoms with E-state index in [-0.39, 0.29) is 18.3 Å². The van der Waals surface area contributed by atoms with Crippen LogP contribution in [-0.4, -0.2) is 32.1 Å². The van der Waals surface area contributed by atoms with Gasteiger partial charge < -0.3 is 15.8 Å². The number of nitrogens with two attached hydrogens (primary N) is 1. The predicted octanol–water partition coefficient (Wildman–Crippen LogP) is 1.58. The van der Waals surface area contributed by atoms with Crippen LogP contribution in [-0.2, 0) is 17.8 Å². The molecule has 3 N–H and O–H groups in total. The van der Waals surface area contributed by atoms with Gasteiger partial charge in [-0.1, -0.05) is 12.1 Å². The minimum absolute atomic E-state index is 0.0905. The number of nitrogens with zero attached hydrogens (tertiary/aromatic N) is 4. The number of fused-ring (bicyclic) bond motifs is 1. The van der Waals surface area contributed by atoms with Crippen LogP contribution >= 0.6 is 0 Å². The first-order valence-corrected chi connectivity index (χ1v) is 8.44. The first-order chi connectivity index (χ1) is 12.5. The fourth-order valence-electron chi connectivity index (χ4n) is 2.82.